The first-order chi connectivity index (χ1) is 13.2. The van der Waals surface area contributed by atoms with Crippen molar-refractivity contribution in [2.24, 2.45) is 5.41 Å². The lowest BCUT2D eigenvalue weighted by Gasteiger charge is -2.22. The molecule has 0 atom stereocenters. The van der Waals surface area contributed by atoms with Crippen LogP contribution >= 0.6 is 0 Å². The van der Waals surface area contributed by atoms with E-state index < -0.39 is 17.4 Å². The fourth-order valence-electron chi connectivity index (χ4n) is 3.75. The van der Waals surface area contributed by atoms with E-state index in [9.17, 15) is 14.4 Å². The van der Waals surface area contributed by atoms with E-state index in [1.54, 1.807) is 19.2 Å². The molecule has 0 saturated heterocycles. The molecule has 2 rings (SSSR count). The van der Waals surface area contributed by atoms with Gasteiger partial charge < -0.3 is 14.2 Å². The molecule has 0 N–H and O–H groups in total. The van der Waals surface area contributed by atoms with E-state index in [2.05, 4.69) is 0 Å². The fourth-order valence-corrected chi connectivity index (χ4v) is 3.75. The molecule has 0 aliphatic heterocycles. The summed E-state index contributed by atoms with van der Waals surface area (Å²) in [5, 5.41) is 0. The van der Waals surface area contributed by atoms with E-state index in [0.29, 0.717) is 11.3 Å². The second-order valence-electron chi connectivity index (χ2n) is 6.80. The predicted octanol–water partition coefficient (Wildman–Crippen LogP) is 3.74. The maximum atomic E-state index is 12.5. The summed E-state index contributed by atoms with van der Waals surface area (Å²) in [6, 6.07) is 5.30. The monoisotopic (exact) mass is 386 g/mol. The van der Waals surface area contributed by atoms with Crippen molar-refractivity contribution in [3.05, 3.63) is 46.5 Å². The second-order valence-corrected chi connectivity index (χ2v) is 6.80. The van der Waals surface area contributed by atoms with Crippen molar-refractivity contribution in [2.75, 3.05) is 21.3 Å². The highest BCUT2D eigenvalue weighted by Gasteiger charge is 2.54. The van der Waals surface area contributed by atoms with Crippen molar-refractivity contribution in [1.29, 1.82) is 0 Å². The minimum Gasteiger partial charge on any atom is -0.497 e. The average molecular weight is 386 g/mol. The molecule has 28 heavy (non-hydrogen) atoms. The van der Waals surface area contributed by atoms with Crippen molar-refractivity contribution in [1.82, 2.24) is 0 Å². The van der Waals surface area contributed by atoms with Crippen molar-refractivity contribution in [3.63, 3.8) is 0 Å². The standard InChI is InChI=1S/C22H26O6/c1-7-15-11-22(20(24)27-5,21(25)28-6)12-19(15)13(2)17-9-8-16(26-4)10-18(17)14(3)23/h7-10H,11-12H2,1-6H3/b15-7+,19-13-. The number of carbonyl (C=O) groups excluding carboxylic acids is 3. The molecule has 0 bridgehead atoms. The van der Waals surface area contributed by atoms with Crippen LogP contribution in [0.2, 0.25) is 0 Å². The lowest BCUT2D eigenvalue weighted by molar-refractivity contribution is -0.168. The summed E-state index contributed by atoms with van der Waals surface area (Å²) in [5.74, 6) is -0.755. The third kappa shape index (κ3) is 3.59. The van der Waals surface area contributed by atoms with Gasteiger partial charge in [-0.15, -0.1) is 0 Å². The molecule has 1 aliphatic carbocycles. The van der Waals surface area contributed by atoms with Gasteiger partial charge in [-0.1, -0.05) is 12.1 Å². The van der Waals surface area contributed by atoms with Gasteiger partial charge >= 0.3 is 11.9 Å². The smallest absolute Gasteiger partial charge is 0.323 e. The zero-order valence-electron chi connectivity index (χ0n) is 17.2. The van der Waals surface area contributed by atoms with Crippen LogP contribution in [0.3, 0.4) is 0 Å². The van der Waals surface area contributed by atoms with Crippen LogP contribution in [-0.4, -0.2) is 39.1 Å². The molecule has 0 radical (unpaired) electrons. The molecule has 1 aliphatic rings. The summed E-state index contributed by atoms with van der Waals surface area (Å²) in [6.07, 6.45) is 2.23. The van der Waals surface area contributed by atoms with Crippen LogP contribution in [-0.2, 0) is 19.1 Å². The van der Waals surface area contributed by atoms with Crippen molar-refractivity contribution >= 4 is 23.3 Å². The number of methoxy groups -OCH3 is 3. The summed E-state index contributed by atoms with van der Waals surface area (Å²) in [6.45, 7) is 5.24. The number of hydrogen-bond acceptors (Lipinski definition) is 6. The average Bonchev–Trinajstić information content (AvgIpc) is 3.12. The fraction of sp³-hybridized carbons (Fsp3) is 0.409. The zero-order valence-corrected chi connectivity index (χ0v) is 17.2. The SMILES string of the molecule is C/C=C1\CC(C(=O)OC)(C(=O)OC)C\C1=C(/C)c1ccc(OC)cc1C(C)=O. The van der Waals surface area contributed by atoms with Gasteiger partial charge in [-0.2, -0.15) is 0 Å². The summed E-state index contributed by atoms with van der Waals surface area (Å²) >= 11 is 0. The highest BCUT2D eigenvalue weighted by atomic mass is 16.5. The van der Waals surface area contributed by atoms with E-state index in [1.807, 2.05) is 26.0 Å². The minimum atomic E-state index is -1.41. The Morgan fingerprint density at radius 2 is 1.57 bits per heavy atom. The van der Waals surface area contributed by atoms with Crippen LogP contribution in [0, 0.1) is 5.41 Å². The third-order valence-electron chi connectivity index (χ3n) is 5.32. The molecule has 6 nitrogen and oxygen atoms in total. The Hall–Kier alpha value is -2.89. The summed E-state index contributed by atoms with van der Waals surface area (Å²) in [4.78, 5) is 37.2. The molecule has 150 valence electrons. The molecular weight excluding hydrogens is 360 g/mol. The number of hydrogen-bond donors (Lipinski definition) is 0. The molecule has 0 amide bonds. The molecular formula is C22H26O6. The first-order valence-electron chi connectivity index (χ1n) is 8.97. The molecule has 6 heteroatoms. The lowest BCUT2D eigenvalue weighted by Crippen LogP contribution is -2.38. The van der Waals surface area contributed by atoms with Crippen LogP contribution in [0.25, 0.3) is 5.57 Å². The largest absolute Gasteiger partial charge is 0.497 e. The van der Waals surface area contributed by atoms with Crippen molar-refractivity contribution in [2.45, 2.75) is 33.6 Å². The number of ketones is 1. The van der Waals surface area contributed by atoms with Gasteiger partial charge in [0.15, 0.2) is 11.2 Å². The van der Waals surface area contributed by atoms with Crippen LogP contribution in [0.5, 0.6) is 5.75 Å². The van der Waals surface area contributed by atoms with E-state index >= 15 is 0 Å². The Labute approximate surface area is 165 Å². The lowest BCUT2D eigenvalue weighted by atomic mass is 9.85. The molecule has 1 aromatic carbocycles. The van der Waals surface area contributed by atoms with Crippen LogP contribution in [0.4, 0.5) is 0 Å². The first-order valence-corrected chi connectivity index (χ1v) is 8.97. The number of Topliss-reactive ketones (excluding diaryl/α,β-unsaturated/α-hetero) is 1. The highest BCUT2D eigenvalue weighted by Crippen LogP contribution is 2.49. The number of allylic oxidation sites excluding steroid dienone is 4. The Kier molecular flexibility index (Phi) is 6.44. The normalized spacial score (nSPS) is 18.6. The number of rotatable bonds is 5. The van der Waals surface area contributed by atoms with Gasteiger partial charge in [-0.25, -0.2) is 0 Å². The van der Waals surface area contributed by atoms with E-state index in [-0.39, 0.29) is 18.6 Å². The van der Waals surface area contributed by atoms with Gasteiger partial charge in [0.1, 0.15) is 5.75 Å². The Balaban J connectivity index is 2.68. The molecule has 1 saturated carbocycles. The number of carbonyl (C=O) groups is 3. The molecule has 1 aromatic rings. The predicted molar refractivity (Wildman–Crippen MR) is 105 cm³/mol. The summed E-state index contributed by atoms with van der Waals surface area (Å²) in [5.41, 5.74) is 2.38. The minimum absolute atomic E-state index is 0.0962. The Bertz CT molecular complexity index is 859. The van der Waals surface area contributed by atoms with E-state index in [4.69, 9.17) is 14.2 Å². The molecule has 0 heterocycles. The van der Waals surface area contributed by atoms with Gasteiger partial charge in [0.25, 0.3) is 0 Å². The Morgan fingerprint density at radius 1 is 0.964 bits per heavy atom. The van der Waals surface area contributed by atoms with Crippen LogP contribution < -0.4 is 4.74 Å². The van der Waals surface area contributed by atoms with Gasteiger partial charge in [0, 0.05) is 12.0 Å². The highest BCUT2D eigenvalue weighted by molar-refractivity contribution is 6.04. The number of esters is 2. The van der Waals surface area contributed by atoms with Crippen molar-refractivity contribution in [3.8, 4) is 5.75 Å². The summed E-state index contributed by atoms with van der Waals surface area (Å²) in [7, 11) is 4.06. The van der Waals surface area contributed by atoms with E-state index in [0.717, 1.165) is 22.3 Å². The molecule has 0 unspecified atom stereocenters. The maximum absolute atomic E-state index is 12.5. The van der Waals surface area contributed by atoms with E-state index in [1.165, 1.54) is 21.1 Å². The Morgan fingerprint density at radius 3 is 2.04 bits per heavy atom. The third-order valence-corrected chi connectivity index (χ3v) is 5.32. The maximum Gasteiger partial charge on any atom is 0.323 e. The quantitative estimate of drug-likeness (QED) is 0.436. The zero-order chi connectivity index (χ0) is 21.1. The van der Waals surface area contributed by atoms with Crippen molar-refractivity contribution < 1.29 is 28.6 Å². The van der Waals surface area contributed by atoms with Gasteiger partial charge in [-0.3, -0.25) is 14.4 Å². The summed E-state index contributed by atoms with van der Waals surface area (Å²) < 4.78 is 15.1. The number of ether oxygens (including phenoxy) is 3. The number of benzene rings is 1. The topological polar surface area (TPSA) is 78.9 Å². The van der Waals surface area contributed by atoms with Gasteiger partial charge in [0.2, 0.25) is 0 Å². The van der Waals surface area contributed by atoms with Gasteiger partial charge in [-0.05, 0) is 61.6 Å². The molecule has 0 spiro atoms. The molecule has 1 fully saturated rings. The second kappa shape index (κ2) is 8.42. The van der Waals surface area contributed by atoms with Gasteiger partial charge in [0.05, 0.1) is 21.3 Å². The van der Waals surface area contributed by atoms with Crippen LogP contribution in [0.1, 0.15) is 49.5 Å². The molecule has 0 aromatic heterocycles. The van der Waals surface area contributed by atoms with Crippen LogP contribution in [0.15, 0.2) is 35.4 Å². The first kappa shape index (κ1) is 21.4.